The molecule has 21 heavy (non-hydrogen) atoms. The first kappa shape index (κ1) is 15.9. The zero-order valence-electron chi connectivity index (χ0n) is 11.9. The van der Waals surface area contributed by atoms with Gasteiger partial charge in [-0.05, 0) is 40.9 Å². The molecule has 114 valence electrons. The van der Waals surface area contributed by atoms with E-state index in [2.05, 4.69) is 21.2 Å². The molecule has 0 bridgehead atoms. The van der Waals surface area contributed by atoms with Crippen LogP contribution in [0.1, 0.15) is 36.5 Å². The molecule has 4 nitrogen and oxygen atoms in total. The summed E-state index contributed by atoms with van der Waals surface area (Å²) < 4.78 is 13.7. The maximum Gasteiger partial charge on any atom is 0.255 e. The molecule has 1 aromatic carbocycles. The molecule has 0 spiro atoms. The average Bonchev–Trinajstić information content (AvgIpc) is 2.50. The summed E-state index contributed by atoms with van der Waals surface area (Å²) in [5.74, 6) is -0.583. The molecule has 1 aliphatic heterocycles. The lowest BCUT2D eigenvalue weighted by Crippen LogP contribution is -2.46. The lowest BCUT2D eigenvalue weighted by molar-refractivity contribution is -0.121. The Morgan fingerprint density at radius 1 is 1.38 bits per heavy atom. The SMILES string of the molecule is CCC(=O)NC1CCN(C(=O)c2cccc(F)c2Br)CC1. The first-order chi connectivity index (χ1) is 10.0. The largest absolute Gasteiger partial charge is 0.353 e. The maximum absolute atomic E-state index is 13.5. The Hall–Kier alpha value is -1.43. The zero-order valence-corrected chi connectivity index (χ0v) is 13.5. The molecule has 0 unspecified atom stereocenters. The number of nitrogens with one attached hydrogen (secondary N) is 1. The Kier molecular flexibility index (Phi) is 5.33. The molecule has 1 N–H and O–H groups in total. The summed E-state index contributed by atoms with van der Waals surface area (Å²) in [4.78, 5) is 25.5. The molecular weight excluding hydrogens is 339 g/mol. The lowest BCUT2D eigenvalue weighted by atomic mass is 10.0. The summed E-state index contributed by atoms with van der Waals surface area (Å²) in [6, 6.07) is 4.58. The molecule has 6 heteroatoms. The number of nitrogens with zero attached hydrogens (tertiary/aromatic N) is 1. The van der Waals surface area contributed by atoms with Crippen molar-refractivity contribution in [2.24, 2.45) is 0 Å². The van der Waals surface area contributed by atoms with Crippen molar-refractivity contribution < 1.29 is 14.0 Å². The molecule has 1 aliphatic rings. The van der Waals surface area contributed by atoms with Gasteiger partial charge in [-0.2, -0.15) is 0 Å². The van der Waals surface area contributed by atoms with Crippen LogP contribution in [-0.4, -0.2) is 35.8 Å². The van der Waals surface area contributed by atoms with Gasteiger partial charge in [-0.1, -0.05) is 13.0 Å². The highest BCUT2D eigenvalue weighted by atomic mass is 79.9. The van der Waals surface area contributed by atoms with Gasteiger partial charge in [0.15, 0.2) is 0 Å². The lowest BCUT2D eigenvalue weighted by Gasteiger charge is -2.32. The highest BCUT2D eigenvalue weighted by Crippen LogP contribution is 2.23. The highest BCUT2D eigenvalue weighted by molar-refractivity contribution is 9.10. The van der Waals surface area contributed by atoms with Crippen LogP contribution in [0.3, 0.4) is 0 Å². The van der Waals surface area contributed by atoms with Crippen molar-refractivity contribution in [3.05, 3.63) is 34.1 Å². The minimum absolute atomic E-state index is 0.0349. The fraction of sp³-hybridized carbons (Fsp3) is 0.467. The number of halogens is 2. The molecule has 2 rings (SSSR count). The van der Waals surface area contributed by atoms with Gasteiger partial charge in [0, 0.05) is 25.6 Å². The zero-order chi connectivity index (χ0) is 15.4. The standard InChI is InChI=1S/C15H18BrFN2O2/c1-2-13(20)18-10-6-8-19(9-7-10)15(21)11-4-3-5-12(17)14(11)16/h3-5,10H,2,6-9H2,1H3,(H,18,20). The third-order valence-corrected chi connectivity index (χ3v) is 4.46. The summed E-state index contributed by atoms with van der Waals surface area (Å²) in [7, 11) is 0. The third kappa shape index (κ3) is 3.81. The number of hydrogen-bond acceptors (Lipinski definition) is 2. The number of carbonyl (C=O) groups excluding carboxylic acids is 2. The van der Waals surface area contributed by atoms with Crippen molar-refractivity contribution >= 4 is 27.7 Å². The Labute approximate surface area is 131 Å². The Morgan fingerprint density at radius 3 is 2.67 bits per heavy atom. The maximum atomic E-state index is 13.5. The summed E-state index contributed by atoms with van der Waals surface area (Å²) in [6.07, 6.45) is 1.92. The second kappa shape index (κ2) is 7.02. The highest BCUT2D eigenvalue weighted by Gasteiger charge is 2.25. The van der Waals surface area contributed by atoms with Crippen molar-refractivity contribution in [3.8, 4) is 0 Å². The van der Waals surface area contributed by atoms with Crippen molar-refractivity contribution in [3.63, 3.8) is 0 Å². The van der Waals surface area contributed by atoms with Gasteiger partial charge in [0.1, 0.15) is 5.82 Å². The number of piperidine rings is 1. The molecule has 1 aromatic rings. The van der Waals surface area contributed by atoms with Crippen LogP contribution in [0.25, 0.3) is 0 Å². The van der Waals surface area contributed by atoms with Crippen LogP contribution in [0.15, 0.2) is 22.7 Å². The van der Waals surface area contributed by atoms with E-state index in [9.17, 15) is 14.0 Å². The van der Waals surface area contributed by atoms with E-state index in [-0.39, 0.29) is 22.3 Å². The van der Waals surface area contributed by atoms with Gasteiger partial charge in [-0.3, -0.25) is 9.59 Å². The van der Waals surface area contributed by atoms with E-state index < -0.39 is 5.82 Å². The van der Waals surface area contributed by atoms with Crippen LogP contribution in [0.2, 0.25) is 0 Å². The van der Waals surface area contributed by atoms with Gasteiger partial charge >= 0.3 is 0 Å². The van der Waals surface area contributed by atoms with Crippen molar-refractivity contribution in [2.75, 3.05) is 13.1 Å². The van der Waals surface area contributed by atoms with Gasteiger partial charge < -0.3 is 10.2 Å². The van der Waals surface area contributed by atoms with Crippen LogP contribution in [0.4, 0.5) is 4.39 Å². The van der Waals surface area contributed by atoms with Crippen molar-refractivity contribution in [1.82, 2.24) is 10.2 Å². The van der Waals surface area contributed by atoms with Gasteiger partial charge in [-0.15, -0.1) is 0 Å². The molecule has 0 atom stereocenters. The first-order valence-corrected chi connectivity index (χ1v) is 7.85. The fourth-order valence-corrected chi connectivity index (χ4v) is 2.83. The molecule has 1 heterocycles. The molecule has 0 saturated carbocycles. The molecule has 1 fully saturated rings. The predicted octanol–water partition coefficient (Wildman–Crippen LogP) is 2.72. The van der Waals surface area contributed by atoms with Crippen LogP contribution in [-0.2, 0) is 4.79 Å². The number of likely N-dealkylation sites (tertiary alicyclic amines) is 1. The average molecular weight is 357 g/mol. The van der Waals surface area contributed by atoms with Gasteiger partial charge in [-0.25, -0.2) is 4.39 Å². The van der Waals surface area contributed by atoms with E-state index in [1.165, 1.54) is 12.1 Å². The van der Waals surface area contributed by atoms with E-state index in [0.29, 0.717) is 25.1 Å². The second-order valence-electron chi connectivity index (χ2n) is 5.09. The molecule has 0 radical (unpaired) electrons. The Morgan fingerprint density at radius 2 is 2.05 bits per heavy atom. The monoisotopic (exact) mass is 356 g/mol. The molecule has 0 aliphatic carbocycles. The van der Waals surface area contributed by atoms with E-state index in [1.54, 1.807) is 11.0 Å². The van der Waals surface area contributed by atoms with E-state index >= 15 is 0 Å². The van der Waals surface area contributed by atoms with Crippen LogP contribution >= 0.6 is 15.9 Å². The summed E-state index contributed by atoms with van der Waals surface area (Å²) >= 11 is 3.12. The van der Waals surface area contributed by atoms with Crippen LogP contribution in [0.5, 0.6) is 0 Å². The molecular formula is C15H18BrFN2O2. The fourth-order valence-electron chi connectivity index (χ4n) is 2.40. The first-order valence-electron chi connectivity index (χ1n) is 7.05. The smallest absolute Gasteiger partial charge is 0.255 e. The van der Waals surface area contributed by atoms with E-state index in [0.717, 1.165) is 12.8 Å². The molecule has 1 saturated heterocycles. The van der Waals surface area contributed by atoms with Crippen LogP contribution < -0.4 is 5.32 Å². The quantitative estimate of drug-likeness (QED) is 0.904. The molecule has 0 aromatic heterocycles. The topological polar surface area (TPSA) is 49.4 Å². The minimum Gasteiger partial charge on any atom is -0.353 e. The van der Waals surface area contributed by atoms with Gasteiger partial charge in [0.05, 0.1) is 10.0 Å². The summed E-state index contributed by atoms with van der Waals surface area (Å²) in [6.45, 7) is 2.95. The van der Waals surface area contributed by atoms with Crippen molar-refractivity contribution in [2.45, 2.75) is 32.2 Å². The normalized spacial score (nSPS) is 15.9. The summed E-state index contributed by atoms with van der Waals surface area (Å²) in [5.41, 5.74) is 0.339. The van der Waals surface area contributed by atoms with E-state index in [4.69, 9.17) is 0 Å². The second-order valence-corrected chi connectivity index (χ2v) is 5.88. The Balaban J connectivity index is 1.97. The number of rotatable bonds is 3. The van der Waals surface area contributed by atoms with E-state index in [1.807, 2.05) is 6.92 Å². The molecule has 2 amide bonds. The van der Waals surface area contributed by atoms with Gasteiger partial charge in [0.2, 0.25) is 5.91 Å². The number of amides is 2. The summed E-state index contributed by atoms with van der Waals surface area (Å²) in [5, 5.41) is 2.94. The van der Waals surface area contributed by atoms with Crippen molar-refractivity contribution in [1.29, 1.82) is 0 Å². The third-order valence-electron chi connectivity index (χ3n) is 3.65. The predicted molar refractivity (Wildman–Crippen MR) is 81.5 cm³/mol. The number of carbonyl (C=O) groups is 2. The number of benzene rings is 1. The Bertz CT molecular complexity index is 542. The van der Waals surface area contributed by atoms with Gasteiger partial charge in [0.25, 0.3) is 5.91 Å². The number of hydrogen-bond donors (Lipinski definition) is 1. The minimum atomic E-state index is -0.439. The van der Waals surface area contributed by atoms with Crippen LogP contribution in [0, 0.1) is 5.82 Å².